The summed E-state index contributed by atoms with van der Waals surface area (Å²) in [5.74, 6) is 2.29. The van der Waals surface area contributed by atoms with Crippen LogP contribution in [-0.2, 0) is 22.3 Å². The molecular weight excluding hydrogens is 394 g/mol. The molecule has 2 aromatic carbocycles. The summed E-state index contributed by atoms with van der Waals surface area (Å²) in [4.78, 5) is 4.62. The molecule has 0 bridgehead atoms. The first-order chi connectivity index (χ1) is 15.2. The predicted octanol–water partition coefficient (Wildman–Crippen LogP) is 4.58. The zero-order valence-electron chi connectivity index (χ0n) is 18.3. The van der Waals surface area contributed by atoms with Crippen LogP contribution in [0.1, 0.15) is 30.4 Å². The maximum absolute atomic E-state index is 8.91. The van der Waals surface area contributed by atoms with Crippen LogP contribution in [0, 0.1) is 6.92 Å². The molecule has 0 amide bonds. The van der Waals surface area contributed by atoms with Gasteiger partial charge < -0.3 is 23.7 Å². The summed E-state index contributed by atoms with van der Waals surface area (Å²) < 4.78 is 22.8. The Labute approximate surface area is 183 Å². The molecule has 6 heteroatoms. The van der Waals surface area contributed by atoms with Crippen molar-refractivity contribution in [3.8, 4) is 17.2 Å². The summed E-state index contributed by atoms with van der Waals surface area (Å²) in [7, 11) is 0. The van der Waals surface area contributed by atoms with Gasteiger partial charge in [0.25, 0.3) is 0 Å². The highest BCUT2D eigenvalue weighted by Gasteiger charge is 2.12. The molecule has 0 aliphatic rings. The van der Waals surface area contributed by atoms with Crippen LogP contribution in [0.2, 0.25) is 0 Å². The Bertz CT molecular complexity index is 892. The third-order valence-electron chi connectivity index (χ3n) is 4.86. The molecule has 3 rings (SSSR count). The number of hydrogen-bond acceptors (Lipinski definition) is 6. The van der Waals surface area contributed by atoms with Crippen LogP contribution < -0.4 is 4.74 Å². The summed E-state index contributed by atoms with van der Waals surface area (Å²) in [6.07, 6.45) is 1.96. The van der Waals surface area contributed by atoms with Crippen LogP contribution in [0.5, 0.6) is 5.75 Å². The van der Waals surface area contributed by atoms with Gasteiger partial charge in [0.2, 0.25) is 5.89 Å². The minimum atomic E-state index is -0.292. The second kappa shape index (κ2) is 12.2. The molecule has 1 N–H and O–H groups in total. The van der Waals surface area contributed by atoms with E-state index >= 15 is 0 Å². The van der Waals surface area contributed by atoms with Crippen molar-refractivity contribution in [3.63, 3.8) is 0 Å². The van der Waals surface area contributed by atoms with Crippen LogP contribution in [0.25, 0.3) is 11.5 Å². The number of aliphatic hydroxyl groups is 1. The lowest BCUT2D eigenvalue weighted by atomic mass is 10.1. The van der Waals surface area contributed by atoms with E-state index in [9.17, 15) is 0 Å². The van der Waals surface area contributed by atoms with Crippen LogP contribution in [0.3, 0.4) is 0 Å². The lowest BCUT2D eigenvalue weighted by Gasteiger charge is -2.17. The molecule has 1 atom stereocenters. The molecule has 31 heavy (non-hydrogen) atoms. The number of ether oxygens (including phenoxy) is 3. The molecule has 166 valence electrons. The van der Waals surface area contributed by atoms with Crippen molar-refractivity contribution < 1.29 is 23.7 Å². The van der Waals surface area contributed by atoms with E-state index in [1.807, 2.05) is 56.3 Å². The molecule has 0 aliphatic heterocycles. The minimum absolute atomic E-state index is 0.00293. The summed E-state index contributed by atoms with van der Waals surface area (Å²) >= 11 is 0. The summed E-state index contributed by atoms with van der Waals surface area (Å²) in [6.45, 7) is 5.27. The van der Waals surface area contributed by atoms with Crippen molar-refractivity contribution in [2.24, 2.45) is 0 Å². The molecular formula is C25H31NO5. The van der Waals surface area contributed by atoms with Crippen molar-refractivity contribution in [1.29, 1.82) is 0 Å². The summed E-state index contributed by atoms with van der Waals surface area (Å²) in [6, 6.07) is 18.0. The third kappa shape index (κ3) is 7.21. The monoisotopic (exact) mass is 425 g/mol. The standard InChI is InChI=1S/C25H31NO5/c1-3-28-24(30-18-16-27)14-11-20-9-12-22(13-10-20)29-17-15-23-19(2)31-25(26-23)21-7-5-4-6-8-21/h4-10,12-13,24,27H,3,11,14-18H2,1-2H3. The molecule has 0 fully saturated rings. The van der Waals surface area contributed by atoms with E-state index in [0.717, 1.165) is 35.6 Å². The number of aryl methyl sites for hydroxylation is 2. The van der Waals surface area contributed by atoms with Gasteiger partial charge in [-0.15, -0.1) is 0 Å². The highest BCUT2D eigenvalue weighted by molar-refractivity contribution is 5.53. The van der Waals surface area contributed by atoms with E-state index in [1.54, 1.807) is 0 Å². The number of oxazole rings is 1. The zero-order chi connectivity index (χ0) is 21.9. The lowest BCUT2D eigenvalue weighted by Crippen LogP contribution is -2.20. The molecule has 0 radical (unpaired) electrons. The van der Waals surface area contributed by atoms with Gasteiger partial charge in [-0.05, 0) is 50.1 Å². The van der Waals surface area contributed by atoms with Gasteiger partial charge in [-0.3, -0.25) is 0 Å². The average molecular weight is 426 g/mol. The first-order valence-corrected chi connectivity index (χ1v) is 10.8. The number of nitrogens with zero attached hydrogens (tertiary/aromatic N) is 1. The van der Waals surface area contributed by atoms with Crippen molar-refractivity contribution >= 4 is 0 Å². The predicted molar refractivity (Wildman–Crippen MR) is 119 cm³/mol. The number of rotatable bonds is 13. The first-order valence-electron chi connectivity index (χ1n) is 10.8. The fourth-order valence-electron chi connectivity index (χ4n) is 3.25. The molecule has 0 spiro atoms. The van der Waals surface area contributed by atoms with Gasteiger partial charge in [0, 0.05) is 25.0 Å². The largest absolute Gasteiger partial charge is 0.493 e. The van der Waals surface area contributed by atoms with Crippen molar-refractivity contribution in [3.05, 3.63) is 71.6 Å². The van der Waals surface area contributed by atoms with Crippen LogP contribution in [-0.4, -0.2) is 42.8 Å². The topological polar surface area (TPSA) is 74.0 Å². The molecule has 1 aromatic heterocycles. The quantitative estimate of drug-likeness (QED) is 0.404. The molecule has 1 heterocycles. The molecule has 6 nitrogen and oxygen atoms in total. The summed E-state index contributed by atoms with van der Waals surface area (Å²) in [5, 5.41) is 8.91. The van der Waals surface area contributed by atoms with Gasteiger partial charge in [-0.2, -0.15) is 0 Å². The van der Waals surface area contributed by atoms with E-state index < -0.39 is 0 Å². The Morgan fingerprint density at radius 1 is 0.968 bits per heavy atom. The SMILES string of the molecule is CCOC(CCc1ccc(OCCc2nc(-c3ccccc3)oc2C)cc1)OCCO. The fraction of sp³-hybridized carbons (Fsp3) is 0.400. The number of hydrogen-bond donors (Lipinski definition) is 1. The van der Waals surface area contributed by atoms with Crippen molar-refractivity contribution in [2.75, 3.05) is 26.4 Å². The average Bonchev–Trinajstić information content (AvgIpc) is 3.17. The lowest BCUT2D eigenvalue weighted by molar-refractivity contribution is -0.147. The van der Waals surface area contributed by atoms with Crippen LogP contribution >= 0.6 is 0 Å². The number of aliphatic hydroxyl groups excluding tert-OH is 1. The highest BCUT2D eigenvalue weighted by atomic mass is 16.7. The zero-order valence-corrected chi connectivity index (χ0v) is 18.3. The van der Waals surface area contributed by atoms with Crippen molar-refractivity contribution in [1.82, 2.24) is 4.98 Å². The first kappa shape index (κ1) is 23.0. The van der Waals surface area contributed by atoms with E-state index in [4.69, 9.17) is 23.7 Å². The van der Waals surface area contributed by atoms with E-state index in [1.165, 1.54) is 5.56 Å². The van der Waals surface area contributed by atoms with E-state index in [0.29, 0.717) is 25.5 Å². The Kier molecular flexibility index (Phi) is 9.09. The normalized spacial score (nSPS) is 12.1. The van der Waals surface area contributed by atoms with Crippen LogP contribution in [0.4, 0.5) is 0 Å². The van der Waals surface area contributed by atoms with E-state index in [2.05, 4.69) is 17.1 Å². The van der Waals surface area contributed by atoms with Gasteiger partial charge >= 0.3 is 0 Å². The smallest absolute Gasteiger partial charge is 0.226 e. The summed E-state index contributed by atoms with van der Waals surface area (Å²) in [5.41, 5.74) is 3.08. The second-order valence-corrected chi connectivity index (χ2v) is 7.15. The second-order valence-electron chi connectivity index (χ2n) is 7.15. The maximum atomic E-state index is 8.91. The Hall–Kier alpha value is -2.67. The number of benzene rings is 2. The van der Waals surface area contributed by atoms with Gasteiger partial charge in [0.1, 0.15) is 11.5 Å². The van der Waals surface area contributed by atoms with Gasteiger partial charge in [-0.1, -0.05) is 30.3 Å². The molecule has 0 saturated carbocycles. The Morgan fingerprint density at radius 2 is 1.74 bits per heavy atom. The third-order valence-corrected chi connectivity index (χ3v) is 4.86. The van der Waals surface area contributed by atoms with E-state index in [-0.39, 0.29) is 19.5 Å². The molecule has 1 unspecified atom stereocenters. The van der Waals surface area contributed by atoms with Crippen LogP contribution in [0.15, 0.2) is 59.0 Å². The van der Waals surface area contributed by atoms with Gasteiger partial charge in [0.05, 0.1) is 25.5 Å². The van der Waals surface area contributed by atoms with Crippen molar-refractivity contribution in [2.45, 2.75) is 39.4 Å². The number of aromatic nitrogens is 1. The highest BCUT2D eigenvalue weighted by Crippen LogP contribution is 2.22. The molecule has 3 aromatic rings. The minimum Gasteiger partial charge on any atom is -0.493 e. The van der Waals surface area contributed by atoms with Gasteiger partial charge in [0.15, 0.2) is 6.29 Å². The Balaban J connectivity index is 1.46. The molecule has 0 aliphatic carbocycles. The maximum Gasteiger partial charge on any atom is 0.226 e. The Morgan fingerprint density at radius 3 is 2.45 bits per heavy atom. The van der Waals surface area contributed by atoms with Gasteiger partial charge in [-0.25, -0.2) is 4.98 Å². The fourth-order valence-corrected chi connectivity index (χ4v) is 3.25. The molecule has 0 saturated heterocycles.